The van der Waals surface area contributed by atoms with Gasteiger partial charge in [-0.3, -0.25) is 4.79 Å². The molecule has 112 valence electrons. The van der Waals surface area contributed by atoms with Gasteiger partial charge < -0.3 is 21.1 Å². The Labute approximate surface area is 121 Å². The van der Waals surface area contributed by atoms with Gasteiger partial charge >= 0.3 is 12.0 Å². The Balaban J connectivity index is 2.26. The molecule has 1 saturated heterocycles. The number of likely N-dealkylation sites (tertiary alicyclic amines) is 1. The fourth-order valence-electron chi connectivity index (χ4n) is 2.53. The standard InChI is InChI=1S/C14H17N3O4/c15-14(21)16-11(9-5-2-1-3-6-9)12(18)17-8-4-7-10(17)13(19)20/h1-3,5-6,10-11H,4,7-8H2,(H,19,20)(H3,15,16,21)/t10-,11?/m0/s1. The molecule has 7 nitrogen and oxygen atoms in total. The molecule has 7 heteroatoms. The smallest absolute Gasteiger partial charge is 0.326 e. The maximum absolute atomic E-state index is 12.6. The molecule has 1 aromatic rings. The maximum Gasteiger partial charge on any atom is 0.326 e. The van der Waals surface area contributed by atoms with Crippen molar-refractivity contribution in [3.05, 3.63) is 35.9 Å². The number of hydrogen-bond donors (Lipinski definition) is 3. The van der Waals surface area contributed by atoms with E-state index in [0.29, 0.717) is 24.9 Å². The number of carbonyl (C=O) groups is 3. The number of nitrogens with zero attached hydrogens (tertiary/aromatic N) is 1. The molecule has 0 aromatic heterocycles. The quantitative estimate of drug-likeness (QED) is 0.748. The Morgan fingerprint density at radius 2 is 1.95 bits per heavy atom. The van der Waals surface area contributed by atoms with Crippen molar-refractivity contribution in [3.8, 4) is 0 Å². The zero-order valence-electron chi connectivity index (χ0n) is 11.4. The summed E-state index contributed by atoms with van der Waals surface area (Å²) >= 11 is 0. The van der Waals surface area contributed by atoms with E-state index in [4.69, 9.17) is 10.8 Å². The second-order valence-corrected chi connectivity index (χ2v) is 4.88. The van der Waals surface area contributed by atoms with Gasteiger partial charge in [-0.2, -0.15) is 0 Å². The highest BCUT2D eigenvalue weighted by Crippen LogP contribution is 2.23. The van der Waals surface area contributed by atoms with Crippen molar-refractivity contribution in [1.82, 2.24) is 10.2 Å². The lowest BCUT2D eigenvalue weighted by atomic mass is 10.1. The third-order valence-electron chi connectivity index (χ3n) is 3.49. The molecular formula is C14H17N3O4. The topological polar surface area (TPSA) is 113 Å². The van der Waals surface area contributed by atoms with Crippen LogP contribution in [0.3, 0.4) is 0 Å². The van der Waals surface area contributed by atoms with Crippen molar-refractivity contribution in [2.24, 2.45) is 5.73 Å². The van der Waals surface area contributed by atoms with Gasteiger partial charge in [0.25, 0.3) is 5.91 Å². The molecule has 0 spiro atoms. The molecule has 0 bridgehead atoms. The first-order valence-corrected chi connectivity index (χ1v) is 6.65. The first-order chi connectivity index (χ1) is 10.0. The highest BCUT2D eigenvalue weighted by molar-refractivity contribution is 5.91. The Morgan fingerprint density at radius 3 is 2.52 bits per heavy atom. The van der Waals surface area contributed by atoms with Crippen molar-refractivity contribution in [2.75, 3.05) is 6.54 Å². The molecule has 1 aliphatic rings. The molecule has 1 aromatic carbocycles. The zero-order valence-corrected chi connectivity index (χ0v) is 11.4. The van der Waals surface area contributed by atoms with Gasteiger partial charge in [0.05, 0.1) is 0 Å². The van der Waals surface area contributed by atoms with E-state index in [0.717, 1.165) is 0 Å². The Morgan fingerprint density at radius 1 is 1.29 bits per heavy atom. The molecule has 1 aliphatic heterocycles. The van der Waals surface area contributed by atoms with E-state index in [1.165, 1.54) is 4.90 Å². The van der Waals surface area contributed by atoms with Crippen molar-refractivity contribution < 1.29 is 19.5 Å². The van der Waals surface area contributed by atoms with Crippen molar-refractivity contribution in [2.45, 2.75) is 24.9 Å². The lowest BCUT2D eigenvalue weighted by Crippen LogP contribution is -2.48. The molecule has 0 aliphatic carbocycles. The number of hydrogen-bond acceptors (Lipinski definition) is 3. The van der Waals surface area contributed by atoms with Crippen LogP contribution in [-0.2, 0) is 9.59 Å². The number of aliphatic carboxylic acids is 1. The average Bonchev–Trinajstić information content (AvgIpc) is 2.94. The summed E-state index contributed by atoms with van der Waals surface area (Å²) in [4.78, 5) is 36.2. The number of primary amides is 1. The fourth-order valence-corrected chi connectivity index (χ4v) is 2.53. The Kier molecular flexibility index (Phi) is 4.42. The van der Waals surface area contributed by atoms with E-state index in [9.17, 15) is 14.4 Å². The summed E-state index contributed by atoms with van der Waals surface area (Å²) < 4.78 is 0. The number of nitrogens with one attached hydrogen (secondary N) is 1. The van der Waals surface area contributed by atoms with Crippen LogP contribution in [0.1, 0.15) is 24.4 Å². The van der Waals surface area contributed by atoms with E-state index in [1.807, 2.05) is 0 Å². The second-order valence-electron chi connectivity index (χ2n) is 4.88. The van der Waals surface area contributed by atoms with E-state index >= 15 is 0 Å². The lowest BCUT2D eigenvalue weighted by molar-refractivity contribution is -0.149. The Hall–Kier alpha value is -2.57. The van der Waals surface area contributed by atoms with Crippen molar-refractivity contribution in [3.63, 3.8) is 0 Å². The molecule has 3 amide bonds. The number of nitrogens with two attached hydrogens (primary N) is 1. The Bertz CT molecular complexity index is 546. The summed E-state index contributed by atoms with van der Waals surface area (Å²) in [5, 5.41) is 11.5. The van der Waals surface area contributed by atoms with Gasteiger partial charge in [-0.05, 0) is 18.4 Å². The number of carboxylic acids is 1. The molecular weight excluding hydrogens is 274 g/mol. The highest BCUT2D eigenvalue weighted by Gasteiger charge is 2.37. The van der Waals surface area contributed by atoms with Gasteiger partial charge in [0, 0.05) is 6.54 Å². The summed E-state index contributed by atoms with van der Waals surface area (Å²) in [6.45, 7) is 0.361. The summed E-state index contributed by atoms with van der Waals surface area (Å²) in [6.07, 6.45) is 1.04. The van der Waals surface area contributed by atoms with Crippen LogP contribution >= 0.6 is 0 Å². The summed E-state index contributed by atoms with van der Waals surface area (Å²) in [5.74, 6) is -1.49. The van der Waals surface area contributed by atoms with E-state index in [1.54, 1.807) is 30.3 Å². The third kappa shape index (κ3) is 3.31. The first kappa shape index (κ1) is 14.8. The van der Waals surface area contributed by atoms with Crippen LogP contribution in [0.2, 0.25) is 0 Å². The number of urea groups is 1. The molecule has 2 rings (SSSR count). The van der Waals surface area contributed by atoms with Crippen molar-refractivity contribution >= 4 is 17.9 Å². The molecule has 21 heavy (non-hydrogen) atoms. The predicted octanol–water partition coefficient (Wildman–Crippen LogP) is 0.472. The van der Waals surface area contributed by atoms with Gasteiger partial charge in [-0.1, -0.05) is 30.3 Å². The molecule has 0 radical (unpaired) electrons. The zero-order chi connectivity index (χ0) is 15.4. The SMILES string of the molecule is NC(=O)NC(C(=O)N1CCC[C@H]1C(=O)O)c1ccccc1. The summed E-state index contributed by atoms with van der Waals surface area (Å²) in [7, 11) is 0. The van der Waals surface area contributed by atoms with E-state index in [2.05, 4.69) is 5.32 Å². The van der Waals surface area contributed by atoms with E-state index in [-0.39, 0.29) is 0 Å². The monoisotopic (exact) mass is 291 g/mol. The number of amides is 3. The third-order valence-corrected chi connectivity index (χ3v) is 3.49. The van der Waals surface area contributed by atoms with Gasteiger partial charge in [-0.15, -0.1) is 0 Å². The molecule has 1 unspecified atom stereocenters. The highest BCUT2D eigenvalue weighted by atomic mass is 16.4. The molecule has 1 heterocycles. The predicted molar refractivity (Wildman–Crippen MR) is 74.3 cm³/mol. The second kappa shape index (κ2) is 6.25. The summed E-state index contributed by atoms with van der Waals surface area (Å²) in [6, 6.07) is 5.97. The van der Waals surface area contributed by atoms with Crippen LogP contribution in [0.15, 0.2) is 30.3 Å². The number of carboxylic acid groups (broad SMARTS) is 1. The average molecular weight is 291 g/mol. The van der Waals surface area contributed by atoms with Crippen LogP contribution in [-0.4, -0.2) is 40.5 Å². The molecule has 4 N–H and O–H groups in total. The maximum atomic E-state index is 12.6. The minimum atomic E-state index is -1.04. The van der Waals surface area contributed by atoms with Gasteiger partial charge in [0.1, 0.15) is 12.1 Å². The minimum absolute atomic E-state index is 0.361. The minimum Gasteiger partial charge on any atom is -0.480 e. The number of carbonyl (C=O) groups excluding carboxylic acids is 2. The summed E-state index contributed by atoms with van der Waals surface area (Å²) in [5.41, 5.74) is 5.69. The molecule has 0 saturated carbocycles. The van der Waals surface area contributed by atoms with Gasteiger partial charge in [0.2, 0.25) is 0 Å². The fraction of sp³-hybridized carbons (Fsp3) is 0.357. The first-order valence-electron chi connectivity index (χ1n) is 6.65. The lowest BCUT2D eigenvalue weighted by Gasteiger charge is -2.27. The molecule has 1 fully saturated rings. The van der Waals surface area contributed by atoms with Crippen LogP contribution < -0.4 is 11.1 Å². The molecule has 2 atom stereocenters. The number of rotatable bonds is 4. The van der Waals surface area contributed by atoms with Crippen molar-refractivity contribution in [1.29, 1.82) is 0 Å². The van der Waals surface area contributed by atoms with Crippen LogP contribution in [0.5, 0.6) is 0 Å². The van der Waals surface area contributed by atoms with Crippen LogP contribution in [0, 0.1) is 0 Å². The normalized spacial score (nSPS) is 19.0. The number of benzene rings is 1. The van der Waals surface area contributed by atoms with Gasteiger partial charge in [0.15, 0.2) is 0 Å². The largest absolute Gasteiger partial charge is 0.480 e. The van der Waals surface area contributed by atoms with E-state index < -0.39 is 30.0 Å². The van der Waals surface area contributed by atoms with Crippen LogP contribution in [0.4, 0.5) is 4.79 Å². The van der Waals surface area contributed by atoms with Crippen LogP contribution in [0.25, 0.3) is 0 Å². The van der Waals surface area contributed by atoms with Gasteiger partial charge in [-0.25, -0.2) is 9.59 Å².